The average molecular weight is 338 g/mol. The van der Waals surface area contributed by atoms with E-state index in [0.29, 0.717) is 6.54 Å². The summed E-state index contributed by atoms with van der Waals surface area (Å²) in [6.07, 6.45) is -2.37. The molecular formula is C17H17F3N2O2. The topological polar surface area (TPSA) is 42.4 Å². The van der Waals surface area contributed by atoms with Gasteiger partial charge in [-0.3, -0.25) is 9.78 Å². The number of carbonyl (C=O) groups excluding carboxylic acids is 1. The first kappa shape index (κ1) is 17.8. The van der Waals surface area contributed by atoms with Crippen molar-refractivity contribution < 1.29 is 22.7 Å². The van der Waals surface area contributed by atoms with Crippen molar-refractivity contribution in [1.82, 2.24) is 9.88 Å². The highest BCUT2D eigenvalue weighted by atomic mass is 19.4. The van der Waals surface area contributed by atoms with Crippen LogP contribution in [0.25, 0.3) is 0 Å². The van der Waals surface area contributed by atoms with Crippen molar-refractivity contribution in [1.29, 1.82) is 0 Å². The Morgan fingerprint density at radius 3 is 2.46 bits per heavy atom. The highest BCUT2D eigenvalue weighted by molar-refractivity contribution is 5.80. The van der Waals surface area contributed by atoms with Crippen molar-refractivity contribution in [2.75, 3.05) is 7.05 Å². The number of rotatable bonds is 5. The molecule has 128 valence electrons. The van der Waals surface area contributed by atoms with Crippen molar-refractivity contribution in [3.8, 4) is 5.75 Å². The van der Waals surface area contributed by atoms with E-state index < -0.39 is 23.8 Å². The zero-order chi connectivity index (χ0) is 17.7. The molecule has 0 radical (unpaired) electrons. The van der Waals surface area contributed by atoms with E-state index in [2.05, 4.69) is 4.98 Å². The van der Waals surface area contributed by atoms with E-state index in [0.717, 1.165) is 11.6 Å². The molecule has 1 amide bonds. The third-order valence-corrected chi connectivity index (χ3v) is 3.39. The first-order valence-electron chi connectivity index (χ1n) is 7.26. The Hall–Kier alpha value is -2.57. The van der Waals surface area contributed by atoms with Gasteiger partial charge in [-0.05, 0) is 36.8 Å². The van der Waals surface area contributed by atoms with E-state index >= 15 is 0 Å². The van der Waals surface area contributed by atoms with Crippen molar-refractivity contribution in [3.63, 3.8) is 0 Å². The molecule has 7 heteroatoms. The lowest BCUT2D eigenvalue weighted by molar-refractivity contribution is -0.143. The van der Waals surface area contributed by atoms with Gasteiger partial charge in [0.2, 0.25) is 0 Å². The van der Waals surface area contributed by atoms with Crippen LogP contribution >= 0.6 is 0 Å². The number of ether oxygens (including phenoxy) is 1. The fourth-order valence-electron chi connectivity index (χ4n) is 2.19. The highest BCUT2D eigenvalue weighted by Crippen LogP contribution is 2.36. The second kappa shape index (κ2) is 7.33. The lowest BCUT2D eigenvalue weighted by Gasteiger charge is -2.23. The SMILES string of the molecule is CC(Oc1ccccc1C(F)(F)F)C(=O)N(C)Cc1ccncc1. The first-order chi connectivity index (χ1) is 11.3. The minimum absolute atomic E-state index is 0.315. The van der Waals surface area contributed by atoms with Gasteiger partial charge in [0, 0.05) is 26.0 Å². The Kier molecular flexibility index (Phi) is 5.43. The molecule has 1 unspecified atom stereocenters. The van der Waals surface area contributed by atoms with E-state index in [1.165, 1.54) is 30.0 Å². The first-order valence-corrected chi connectivity index (χ1v) is 7.26. The van der Waals surface area contributed by atoms with Crippen LogP contribution in [0, 0.1) is 0 Å². The molecule has 2 rings (SSSR count). The molecule has 0 fully saturated rings. The molecule has 0 aliphatic carbocycles. The van der Waals surface area contributed by atoms with Gasteiger partial charge in [-0.25, -0.2) is 0 Å². The number of hydrogen-bond donors (Lipinski definition) is 0. The van der Waals surface area contributed by atoms with Crippen molar-refractivity contribution in [3.05, 3.63) is 59.9 Å². The lowest BCUT2D eigenvalue weighted by atomic mass is 10.2. The van der Waals surface area contributed by atoms with Crippen LogP contribution < -0.4 is 4.74 Å². The summed E-state index contributed by atoms with van der Waals surface area (Å²) >= 11 is 0. The molecule has 0 spiro atoms. The maximum Gasteiger partial charge on any atom is 0.419 e. The molecule has 0 bridgehead atoms. The highest BCUT2D eigenvalue weighted by Gasteiger charge is 2.35. The molecule has 1 atom stereocenters. The van der Waals surface area contributed by atoms with Crippen LogP contribution in [0.1, 0.15) is 18.1 Å². The fourth-order valence-corrected chi connectivity index (χ4v) is 2.19. The monoisotopic (exact) mass is 338 g/mol. The summed E-state index contributed by atoms with van der Waals surface area (Å²) < 4.78 is 44.2. The smallest absolute Gasteiger partial charge is 0.419 e. The van der Waals surface area contributed by atoms with E-state index in [4.69, 9.17) is 4.74 Å². The van der Waals surface area contributed by atoms with Gasteiger partial charge in [-0.15, -0.1) is 0 Å². The number of carbonyl (C=O) groups is 1. The summed E-state index contributed by atoms with van der Waals surface area (Å²) in [5.74, 6) is -0.771. The number of hydrogen-bond acceptors (Lipinski definition) is 3. The van der Waals surface area contributed by atoms with Crippen LogP contribution in [-0.2, 0) is 17.5 Å². The Bertz CT molecular complexity index is 690. The maximum absolute atomic E-state index is 13.0. The molecule has 0 aliphatic heterocycles. The molecule has 0 saturated carbocycles. The van der Waals surface area contributed by atoms with Crippen molar-refractivity contribution in [2.45, 2.75) is 25.7 Å². The molecule has 4 nitrogen and oxygen atoms in total. The van der Waals surface area contributed by atoms with E-state index in [1.807, 2.05) is 0 Å². The number of aromatic nitrogens is 1. The van der Waals surface area contributed by atoms with Crippen LogP contribution in [-0.4, -0.2) is 28.9 Å². The zero-order valence-electron chi connectivity index (χ0n) is 13.2. The van der Waals surface area contributed by atoms with Crippen molar-refractivity contribution in [2.24, 2.45) is 0 Å². The summed E-state index contributed by atoms with van der Waals surface area (Å²) in [7, 11) is 1.57. The Morgan fingerprint density at radius 2 is 1.83 bits per heavy atom. The van der Waals surface area contributed by atoms with Gasteiger partial charge in [-0.1, -0.05) is 12.1 Å². The van der Waals surface area contributed by atoms with Crippen LogP contribution in [0.5, 0.6) is 5.75 Å². The van der Waals surface area contributed by atoms with Gasteiger partial charge in [0.05, 0.1) is 5.56 Å². The number of amides is 1. The van der Waals surface area contributed by atoms with Gasteiger partial charge in [0.15, 0.2) is 6.10 Å². The van der Waals surface area contributed by atoms with Crippen molar-refractivity contribution >= 4 is 5.91 Å². The number of pyridine rings is 1. The summed E-state index contributed by atoms with van der Waals surface area (Å²) in [6.45, 7) is 1.74. The zero-order valence-corrected chi connectivity index (χ0v) is 13.2. The predicted octanol–water partition coefficient (Wildman–Crippen LogP) is 3.53. The molecule has 1 heterocycles. The van der Waals surface area contributed by atoms with Gasteiger partial charge >= 0.3 is 6.18 Å². The second-order valence-electron chi connectivity index (χ2n) is 5.30. The Labute approximate surface area is 137 Å². The van der Waals surface area contributed by atoms with Gasteiger partial charge in [0.25, 0.3) is 5.91 Å². The summed E-state index contributed by atoms with van der Waals surface area (Å²) in [5.41, 5.74) is -0.0369. The predicted molar refractivity (Wildman–Crippen MR) is 82.2 cm³/mol. The molecule has 1 aromatic carbocycles. The van der Waals surface area contributed by atoms with Crippen LogP contribution in [0.2, 0.25) is 0 Å². The number of nitrogens with zero attached hydrogens (tertiary/aromatic N) is 2. The lowest BCUT2D eigenvalue weighted by Crippen LogP contribution is -2.37. The van der Waals surface area contributed by atoms with Crippen LogP contribution in [0.3, 0.4) is 0 Å². The Balaban J connectivity index is 2.07. The molecule has 24 heavy (non-hydrogen) atoms. The quantitative estimate of drug-likeness (QED) is 0.838. The minimum atomic E-state index is -4.54. The van der Waals surface area contributed by atoms with E-state index in [-0.39, 0.29) is 5.75 Å². The number of likely N-dealkylation sites (N-methyl/N-ethyl adjacent to an activating group) is 1. The van der Waals surface area contributed by atoms with Gasteiger partial charge < -0.3 is 9.64 Å². The molecule has 0 N–H and O–H groups in total. The molecule has 1 aromatic heterocycles. The average Bonchev–Trinajstić information content (AvgIpc) is 2.54. The standard InChI is InChI=1S/C17H17F3N2O2/c1-12(16(23)22(2)11-13-7-9-21-10-8-13)24-15-6-4-3-5-14(15)17(18,19)20/h3-10,12H,11H2,1-2H3. The van der Waals surface area contributed by atoms with Crippen LogP contribution in [0.4, 0.5) is 13.2 Å². The summed E-state index contributed by atoms with van der Waals surface area (Å²) in [5, 5.41) is 0. The number of halogens is 3. The molecule has 2 aromatic rings. The largest absolute Gasteiger partial charge is 0.480 e. The minimum Gasteiger partial charge on any atom is -0.480 e. The number of alkyl halides is 3. The van der Waals surface area contributed by atoms with Gasteiger partial charge in [0.1, 0.15) is 5.75 Å². The maximum atomic E-state index is 13.0. The Morgan fingerprint density at radius 1 is 1.21 bits per heavy atom. The third-order valence-electron chi connectivity index (χ3n) is 3.39. The summed E-state index contributed by atoms with van der Waals surface area (Å²) in [4.78, 5) is 17.6. The van der Waals surface area contributed by atoms with Gasteiger partial charge in [-0.2, -0.15) is 13.2 Å². The molecular weight excluding hydrogens is 321 g/mol. The van der Waals surface area contributed by atoms with E-state index in [1.54, 1.807) is 31.6 Å². The number of para-hydroxylation sites is 1. The molecule has 0 aliphatic rings. The fraction of sp³-hybridized carbons (Fsp3) is 0.294. The third kappa shape index (κ3) is 4.47. The van der Waals surface area contributed by atoms with Crippen LogP contribution in [0.15, 0.2) is 48.8 Å². The molecule has 0 saturated heterocycles. The summed E-state index contributed by atoms with van der Waals surface area (Å²) in [6, 6.07) is 8.35. The normalized spacial score (nSPS) is 12.5. The number of benzene rings is 1. The van der Waals surface area contributed by atoms with E-state index in [9.17, 15) is 18.0 Å². The second-order valence-corrected chi connectivity index (χ2v) is 5.30.